The maximum atomic E-state index is 13.3. The summed E-state index contributed by atoms with van der Waals surface area (Å²) >= 11 is 6.70. The fourth-order valence-electron chi connectivity index (χ4n) is 4.51. The summed E-state index contributed by atoms with van der Waals surface area (Å²) in [5.41, 5.74) is 3.30. The van der Waals surface area contributed by atoms with Crippen molar-refractivity contribution in [1.29, 1.82) is 0 Å². The molecule has 9 heteroatoms. The Labute approximate surface area is 271 Å². The van der Waals surface area contributed by atoms with E-state index in [4.69, 9.17) is 4.74 Å². The van der Waals surface area contributed by atoms with Crippen molar-refractivity contribution < 1.29 is 24.2 Å². The summed E-state index contributed by atoms with van der Waals surface area (Å²) in [4.78, 5) is 38.4. The lowest BCUT2D eigenvalue weighted by molar-refractivity contribution is -0.139. The lowest BCUT2D eigenvalue weighted by Gasteiger charge is -2.17. The molecule has 0 unspecified atom stereocenters. The number of carbonyl (C=O) groups excluding carboxylic acids is 2. The van der Waals surface area contributed by atoms with E-state index in [0.717, 1.165) is 26.9 Å². The Morgan fingerprint density at radius 2 is 1.39 bits per heavy atom. The van der Waals surface area contributed by atoms with E-state index in [2.05, 4.69) is 42.5 Å². The van der Waals surface area contributed by atoms with Gasteiger partial charge >= 0.3 is 5.97 Å². The molecule has 1 atom stereocenters. The van der Waals surface area contributed by atoms with Crippen LogP contribution in [0.4, 0.5) is 5.69 Å². The van der Waals surface area contributed by atoms with Crippen LogP contribution in [0.15, 0.2) is 130 Å². The summed E-state index contributed by atoms with van der Waals surface area (Å²) in [5.74, 6) is -0.801. The topological polar surface area (TPSA) is 105 Å². The predicted molar refractivity (Wildman–Crippen MR) is 177 cm³/mol. The highest BCUT2D eigenvalue weighted by Crippen LogP contribution is 2.33. The second-order valence-corrected chi connectivity index (χ2v) is 11.7. The molecule has 0 bridgehead atoms. The van der Waals surface area contributed by atoms with Gasteiger partial charge in [-0.15, -0.1) is 0 Å². The van der Waals surface area contributed by atoms with Crippen molar-refractivity contribution in [3.63, 3.8) is 0 Å². The first kappa shape index (κ1) is 30.7. The van der Waals surface area contributed by atoms with Crippen LogP contribution in [0.2, 0.25) is 0 Å². The number of ether oxygens (including phenoxy) is 1. The van der Waals surface area contributed by atoms with Gasteiger partial charge in [0.25, 0.3) is 11.8 Å². The number of benzene rings is 5. The molecule has 44 heavy (non-hydrogen) atoms. The van der Waals surface area contributed by atoms with Gasteiger partial charge in [0.05, 0.1) is 11.3 Å². The van der Waals surface area contributed by atoms with Crippen LogP contribution in [-0.2, 0) is 11.2 Å². The average molecular weight is 714 g/mol. The maximum absolute atomic E-state index is 13.3. The molecular formula is C35H26Br2N2O5. The Morgan fingerprint density at radius 1 is 0.727 bits per heavy atom. The molecule has 0 fully saturated rings. The zero-order valence-electron chi connectivity index (χ0n) is 23.2. The fourth-order valence-corrected chi connectivity index (χ4v) is 5.14. The predicted octanol–water partition coefficient (Wildman–Crippen LogP) is 8.35. The quantitative estimate of drug-likeness (QED) is 0.135. The van der Waals surface area contributed by atoms with Crippen molar-refractivity contribution in [1.82, 2.24) is 5.32 Å². The Hall–Kier alpha value is -4.73. The van der Waals surface area contributed by atoms with Gasteiger partial charge in [-0.05, 0) is 71.8 Å². The van der Waals surface area contributed by atoms with Gasteiger partial charge in [0.15, 0.2) is 0 Å². The molecule has 5 rings (SSSR count). The second kappa shape index (κ2) is 14.2. The Morgan fingerprint density at radius 3 is 2.09 bits per heavy atom. The zero-order valence-corrected chi connectivity index (χ0v) is 26.3. The normalized spacial score (nSPS) is 11.3. The van der Waals surface area contributed by atoms with E-state index in [9.17, 15) is 19.5 Å². The van der Waals surface area contributed by atoms with Crippen LogP contribution < -0.4 is 15.4 Å². The van der Waals surface area contributed by atoms with Crippen molar-refractivity contribution in [3.05, 3.63) is 147 Å². The Bertz CT molecular complexity index is 1790. The third-order valence-electron chi connectivity index (χ3n) is 6.75. The first-order valence-electron chi connectivity index (χ1n) is 13.6. The van der Waals surface area contributed by atoms with E-state index >= 15 is 0 Å². The molecule has 0 radical (unpaired) electrons. The van der Waals surface area contributed by atoms with Crippen LogP contribution >= 0.6 is 31.9 Å². The second-order valence-electron chi connectivity index (χ2n) is 9.83. The fraction of sp³-hybridized carbons (Fsp3) is 0.0571. The summed E-state index contributed by atoms with van der Waals surface area (Å²) in [6.45, 7) is 0. The van der Waals surface area contributed by atoms with Gasteiger partial charge in [0, 0.05) is 26.5 Å². The number of hydrogen-bond donors (Lipinski definition) is 3. The number of carboxylic acid groups (broad SMARTS) is 1. The standard InChI is InChI=1S/C35H26Br2N2O5/c36-25-16-14-24(15-17-25)33(40)38-30-19-18-26(37)21-29(30)34(41)39-31(35(42)43)20-22-10-12-23(13-11-22)28-8-4-5-9-32(28)44-27-6-2-1-3-7-27/h1-19,21,31H,20H2,(H,38,40)(H,39,41)(H,42,43)/t31-/m0/s1. The number of halogens is 2. The first-order valence-corrected chi connectivity index (χ1v) is 15.2. The average Bonchev–Trinajstić information content (AvgIpc) is 3.03. The molecule has 0 saturated carbocycles. The Kier molecular flexibility index (Phi) is 9.89. The van der Waals surface area contributed by atoms with Gasteiger partial charge in [-0.2, -0.15) is 0 Å². The van der Waals surface area contributed by atoms with E-state index in [1.165, 1.54) is 6.07 Å². The summed E-state index contributed by atoms with van der Waals surface area (Å²) in [5, 5.41) is 15.3. The van der Waals surface area contributed by atoms with Crippen molar-refractivity contribution in [2.24, 2.45) is 0 Å². The molecule has 0 aliphatic carbocycles. The van der Waals surface area contributed by atoms with Crippen LogP contribution in [-0.4, -0.2) is 28.9 Å². The number of nitrogens with one attached hydrogen (secondary N) is 2. The van der Waals surface area contributed by atoms with Gasteiger partial charge < -0.3 is 20.5 Å². The smallest absolute Gasteiger partial charge is 0.326 e. The molecule has 0 saturated heterocycles. The van der Waals surface area contributed by atoms with Gasteiger partial charge in [0.2, 0.25) is 0 Å². The molecule has 0 spiro atoms. The number of rotatable bonds is 10. The number of carbonyl (C=O) groups is 3. The molecule has 5 aromatic rings. The zero-order chi connectivity index (χ0) is 31.1. The highest BCUT2D eigenvalue weighted by Gasteiger charge is 2.24. The highest BCUT2D eigenvalue weighted by molar-refractivity contribution is 9.10. The number of carboxylic acids is 1. The molecule has 0 heterocycles. The van der Waals surface area contributed by atoms with E-state index in [1.54, 1.807) is 36.4 Å². The first-order chi connectivity index (χ1) is 21.3. The van der Waals surface area contributed by atoms with Crippen LogP contribution in [0.25, 0.3) is 11.1 Å². The van der Waals surface area contributed by atoms with Crippen molar-refractivity contribution in [2.75, 3.05) is 5.32 Å². The molecule has 5 aromatic carbocycles. The lowest BCUT2D eigenvalue weighted by Crippen LogP contribution is -2.42. The lowest BCUT2D eigenvalue weighted by atomic mass is 9.99. The molecule has 0 aliphatic heterocycles. The minimum absolute atomic E-state index is 0.0537. The van der Waals surface area contributed by atoms with Gasteiger partial charge in [-0.25, -0.2) is 4.79 Å². The van der Waals surface area contributed by atoms with Crippen LogP contribution in [0.3, 0.4) is 0 Å². The largest absolute Gasteiger partial charge is 0.480 e. The van der Waals surface area contributed by atoms with Crippen LogP contribution in [0, 0.1) is 0 Å². The van der Waals surface area contributed by atoms with Gasteiger partial charge in [-0.1, -0.05) is 92.5 Å². The van der Waals surface area contributed by atoms with Crippen molar-refractivity contribution in [2.45, 2.75) is 12.5 Å². The van der Waals surface area contributed by atoms with E-state index in [-0.39, 0.29) is 17.7 Å². The molecule has 7 nitrogen and oxygen atoms in total. The number of aliphatic carboxylic acids is 1. The third-order valence-corrected chi connectivity index (χ3v) is 7.77. The van der Waals surface area contributed by atoms with Crippen LogP contribution in [0.1, 0.15) is 26.3 Å². The summed E-state index contributed by atoms with van der Waals surface area (Å²) in [6.07, 6.45) is 0.0537. The number of amides is 2. The van der Waals surface area contributed by atoms with E-state index in [0.29, 0.717) is 15.8 Å². The monoisotopic (exact) mass is 712 g/mol. The Balaban J connectivity index is 1.30. The molecule has 3 N–H and O–H groups in total. The number of anilines is 1. The number of hydrogen-bond acceptors (Lipinski definition) is 4. The molecule has 0 aliphatic rings. The minimum atomic E-state index is -1.21. The third kappa shape index (κ3) is 7.80. The summed E-state index contributed by atoms with van der Waals surface area (Å²) in [7, 11) is 0. The van der Waals surface area contributed by atoms with E-state index in [1.807, 2.05) is 78.9 Å². The summed E-state index contributed by atoms with van der Waals surface area (Å²) in [6, 6.07) is 35.0. The molecule has 2 amide bonds. The van der Waals surface area contributed by atoms with Crippen molar-refractivity contribution >= 4 is 55.3 Å². The van der Waals surface area contributed by atoms with Crippen molar-refractivity contribution in [3.8, 4) is 22.6 Å². The van der Waals surface area contributed by atoms with Crippen LogP contribution in [0.5, 0.6) is 11.5 Å². The molecule has 0 aromatic heterocycles. The highest BCUT2D eigenvalue weighted by atomic mass is 79.9. The minimum Gasteiger partial charge on any atom is -0.480 e. The molecular weight excluding hydrogens is 688 g/mol. The maximum Gasteiger partial charge on any atom is 0.326 e. The van der Waals surface area contributed by atoms with Gasteiger partial charge in [-0.3, -0.25) is 9.59 Å². The summed E-state index contributed by atoms with van der Waals surface area (Å²) < 4.78 is 7.52. The molecule has 220 valence electrons. The van der Waals surface area contributed by atoms with E-state index < -0.39 is 23.8 Å². The van der Waals surface area contributed by atoms with Gasteiger partial charge in [0.1, 0.15) is 17.5 Å². The SMILES string of the molecule is O=C(Nc1ccc(Br)cc1C(=O)N[C@@H](Cc1ccc(-c2ccccc2Oc2ccccc2)cc1)C(=O)O)c1ccc(Br)cc1. The number of para-hydroxylation sites is 2.